The van der Waals surface area contributed by atoms with Gasteiger partial charge >= 0.3 is 0 Å². The monoisotopic (exact) mass is 456 g/mol. The van der Waals surface area contributed by atoms with E-state index in [0.717, 1.165) is 19.4 Å². The van der Waals surface area contributed by atoms with E-state index in [0.29, 0.717) is 28.3 Å². The van der Waals surface area contributed by atoms with Crippen LogP contribution in [0, 0.1) is 0 Å². The normalized spacial score (nSPS) is 30.1. The third-order valence-corrected chi connectivity index (χ3v) is 6.37. The Kier molecular flexibility index (Phi) is 5.52. The zero-order chi connectivity index (χ0) is 23.3. The minimum absolute atomic E-state index is 0.0172. The number of aryl methyl sites for hydroxylation is 1. The fourth-order valence-electron chi connectivity index (χ4n) is 4.71. The molecule has 2 aliphatic heterocycles. The van der Waals surface area contributed by atoms with Crippen LogP contribution in [0.3, 0.4) is 0 Å². The lowest BCUT2D eigenvalue weighted by Gasteiger charge is -2.29. The van der Waals surface area contributed by atoms with Gasteiger partial charge in [0.15, 0.2) is 12.3 Å². The largest absolute Gasteiger partial charge is 0.387 e. The minimum atomic E-state index is -1.40. The van der Waals surface area contributed by atoms with Crippen molar-refractivity contribution in [3.8, 4) is 11.3 Å². The molecule has 5 heterocycles. The average Bonchev–Trinajstić information content (AvgIpc) is 3.45. The molecule has 0 aliphatic carbocycles. The van der Waals surface area contributed by atoms with Gasteiger partial charge in [0.1, 0.15) is 30.0 Å². The number of aliphatic hydroxyl groups is 2. The van der Waals surface area contributed by atoms with E-state index in [1.54, 1.807) is 28.7 Å². The number of hydrogen-bond acceptors (Lipinski definition) is 9. The Labute approximate surface area is 189 Å². The van der Waals surface area contributed by atoms with Crippen molar-refractivity contribution in [1.29, 1.82) is 0 Å². The maximum atomic E-state index is 12.9. The van der Waals surface area contributed by atoms with Gasteiger partial charge in [0.05, 0.1) is 11.1 Å². The topological polar surface area (TPSA) is 165 Å². The van der Waals surface area contributed by atoms with Crippen molar-refractivity contribution in [1.82, 2.24) is 34.9 Å². The summed E-state index contributed by atoms with van der Waals surface area (Å²) in [4.78, 5) is 21.3. The van der Waals surface area contributed by atoms with Gasteiger partial charge in [-0.1, -0.05) is 0 Å². The Hall–Kier alpha value is -3.06. The Bertz CT molecular complexity index is 1180. The average molecular weight is 457 g/mol. The lowest BCUT2D eigenvalue weighted by molar-refractivity contribution is -0.138. The number of aromatic nitrogens is 5. The van der Waals surface area contributed by atoms with E-state index >= 15 is 0 Å². The smallest absolute Gasteiger partial charge is 0.252 e. The van der Waals surface area contributed by atoms with Crippen LogP contribution in [0.4, 0.5) is 5.82 Å². The van der Waals surface area contributed by atoms with Gasteiger partial charge in [-0.3, -0.25) is 9.48 Å². The Morgan fingerprint density at radius 1 is 1.33 bits per heavy atom. The van der Waals surface area contributed by atoms with Gasteiger partial charge in [-0.25, -0.2) is 9.97 Å². The van der Waals surface area contributed by atoms with Gasteiger partial charge in [-0.15, -0.1) is 0 Å². The van der Waals surface area contributed by atoms with Gasteiger partial charge in [-0.05, 0) is 32.4 Å². The summed E-state index contributed by atoms with van der Waals surface area (Å²) in [7, 11) is 1.80. The molecular formula is C21H28N8O4. The van der Waals surface area contributed by atoms with Gasteiger partial charge in [0.2, 0.25) is 0 Å². The molecule has 0 aromatic carbocycles. The molecule has 6 atom stereocenters. The van der Waals surface area contributed by atoms with Crippen molar-refractivity contribution in [3.63, 3.8) is 0 Å². The molecule has 3 aromatic heterocycles. The number of piperidine rings is 1. The van der Waals surface area contributed by atoms with E-state index in [2.05, 4.69) is 32.6 Å². The number of rotatable bonds is 4. The second-order valence-corrected chi connectivity index (χ2v) is 8.80. The van der Waals surface area contributed by atoms with Crippen LogP contribution in [0.1, 0.15) is 26.0 Å². The number of nitrogens with zero attached hydrogens (tertiary/aromatic N) is 5. The van der Waals surface area contributed by atoms with Gasteiger partial charge in [-0.2, -0.15) is 5.10 Å². The predicted octanol–water partition coefficient (Wildman–Crippen LogP) is -0.710. The first-order chi connectivity index (χ1) is 15.8. The van der Waals surface area contributed by atoms with Crippen molar-refractivity contribution in [2.75, 3.05) is 12.3 Å². The van der Waals surface area contributed by atoms with Crippen molar-refractivity contribution in [2.45, 2.75) is 56.4 Å². The van der Waals surface area contributed by atoms with Crippen LogP contribution < -0.4 is 16.4 Å². The highest BCUT2D eigenvalue weighted by atomic mass is 16.6. The predicted molar refractivity (Wildman–Crippen MR) is 119 cm³/mol. The summed E-state index contributed by atoms with van der Waals surface area (Å²) in [6.07, 6.45) is 1.38. The number of nitrogens with one attached hydrogen (secondary N) is 2. The molecule has 0 spiro atoms. The molecular weight excluding hydrogens is 428 g/mol. The molecule has 3 aromatic rings. The Morgan fingerprint density at radius 3 is 2.88 bits per heavy atom. The minimum Gasteiger partial charge on any atom is -0.387 e. The van der Waals surface area contributed by atoms with E-state index in [-0.39, 0.29) is 11.9 Å². The van der Waals surface area contributed by atoms with Crippen LogP contribution >= 0.6 is 0 Å². The van der Waals surface area contributed by atoms with E-state index in [9.17, 15) is 15.0 Å². The second kappa shape index (κ2) is 8.37. The number of hydrogen-bond donors (Lipinski definition) is 5. The number of ether oxygens (including phenoxy) is 1. The summed E-state index contributed by atoms with van der Waals surface area (Å²) < 4.78 is 9.15. The number of nitrogen functional groups attached to an aromatic ring is 1. The fourth-order valence-corrected chi connectivity index (χ4v) is 4.71. The Morgan fingerprint density at radius 2 is 2.15 bits per heavy atom. The van der Waals surface area contributed by atoms with E-state index in [1.807, 2.05) is 6.07 Å². The van der Waals surface area contributed by atoms with Crippen LogP contribution in [0.15, 0.2) is 24.8 Å². The van der Waals surface area contributed by atoms with E-state index < -0.39 is 30.4 Å². The summed E-state index contributed by atoms with van der Waals surface area (Å²) in [6.45, 7) is 2.86. The highest BCUT2D eigenvalue weighted by Crippen LogP contribution is 2.38. The van der Waals surface area contributed by atoms with Gasteiger partial charge < -0.3 is 35.9 Å². The maximum absolute atomic E-state index is 12.9. The number of aliphatic hydroxyl groups excluding tert-OH is 2. The molecule has 2 fully saturated rings. The summed E-state index contributed by atoms with van der Waals surface area (Å²) in [5, 5.41) is 32.7. The number of carbonyl (C=O) groups excluding carboxylic acids is 1. The van der Waals surface area contributed by atoms with Crippen LogP contribution in [-0.4, -0.2) is 77.4 Å². The molecule has 6 N–H and O–H groups in total. The zero-order valence-electron chi connectivity index (χ0n) is 18.4. The van der Waals surface area contributed by atoms with Crippen LogP contribution in [-0.2, 0) is 16.6 Å². The first-order valence-electron chi connectivity index (χ1n) is 11.0. The summed E-state index contributed by atoms with van der Waals surface area (Å²) >= 11 is 0. The lowest BCUT2D eigenvalue weighted by Crippen LogP contribution is -2.51. The first kappa shape index (κ1) is 21.8. The van der Waals surface area contributed by atoms with Crippen molar-refractivity contribution < 1.29 is 19.7 Å². The molecule has 2 saturated heterocycles. The summed E-state index contributed by atoms with van der Waals surface area (Å²) in [5.41, 5.74) is 7.86. The second-order valence-electron chi connectivity index (χ2n) is 8.80. The fraction of sp³-hybridized carbons (Fsp3) is 0.524. The third kappa shape index (κ3) is 3.84. The maximum Gasteiger partial charge on any atom is 0.252 e. The molecule has 0 unspecified atom stereocenters. The van der Waals surface area contributed by atoms with Crippen LogP contribution in [0.5, 0.6) is 0 Å². The van der Waals surface area contributed by atoms with Crippen LogP contribution in [0.2, 0.25) is 0 Å². The number of fused-ring (bicyclic) bond motifs is 1. The van der Waals surface area contributed by atoms with Crippen molar-refractivity contribution >= 4 is 22.8 Å². The number of nitrogens with two attached hydrogens (primary N) is 1. The van der Waals surface area contributed by atoms with Gasteiger partial charge in [0.25, 0.3) is 5.91 Å². The molecule has 176 valence electrons. The molecule has 0 saturated carbocycles. The molecule has 12 nitrogen and oxygen atoms in total. The van der Waals surface area contributed by atoms with Gasteiger partial charge in [0, 0.05) is 37.1 Å². The highest BCUT2D eigenvalue weighted by Gasteiger charge is 2.48. The molecule has 5 rings (SSSR count). The zero-order valence-corrected chi connectivity index (χ0v) is 18.4. The SMILES string of the molecule is C[C@H]1C[C@@H](NC(=O)[C@H]2O[C@@H](n3cc(-c4ccn(C)n4)c4c(N)ncnc43)[C@H](O)[C@@H]2O)CCN1. The summed E-state index contributed by atoms with van der Waals surface area (Å²) in [5.74, 6) is -0.194. The number of amides is 1. The molecule has 0 radical (unpaired) electrons. The van der Waals surface area contributed by atoms with E-state index in [4.69, 9.17) is 10.5 Å². The van der Waals surface area contributed by atoms with Crippen molar-refractivity contribution in [2.24, 2.45) is 7.05 Å². The molecule has 33 heavy (non-hydrogen) atoms. The standard InChI is InChI=1S/C21H28N8O4/c1-10-7-11(3-5-23-10)26-20(32)17-15(30)16(31)21(33-17)29-8-12(13-4-6-28(2)27-13)14-18(22)24-9-25-19(14)29/h4,6,8-11,15-17,21,23,30-31H,3,5,7H2,1-2H3,(H,26,32)(H2,22,24,25)/t10-,11-,15-,16+,17-,21+/m0/s1. The van der Waals surface area contributed by atoms with E-state index in [1.165, 1.54) is 6.33 Å². The first-order valence-corrected chi connectivity index (χ1v) is 11.0. The number of anilines is 1. The molecule has 1 amide bonds. The quantitative estimate of drug-likeness (QED) is 0.341. The molecule has 2 aliphatic rings. The number of carbonyl (C=O) groups is 1. The summed E-state index contributed by atoms with van der Waals surface area (Å²) in [6, 6.07) is 2.09. The molecule has 0 bridgehead atoms. The molecule has 12 heteroatoms. The third-order valence-electron chi connectivity index (χ3n) is 6.37. The van der Waals surface area contributed by atoms with Crippen molar-refractivity contribution in [3.05, 3.63) is 24.8 Å². The highest BCUT2D eigenvalue weighted by molar-refractivity contribution is 5.99. The lowest BCUT2D eigenvalue weighted by atomic mass is 10.00. The van der Waals surface area contributed by atoms with Crippen LogP contribution in [0.25, 0.3) is 22.3 Å². The Balaban J connectivity index is 1.45.